The summed E-state index contributed by atoms with van der Waals surface area (Å²) in [5, 5.41) is 0. The Labute approximate surface area is 168 Å². The van der Waals surface area contributed by atoms with Gasteiger partial charge in [-0.1, -0.05) is 103 Å². The van der Waals surface area contributed by atoms with Gasteiger partial charge < -0.3 is 4.74 Å². The van der Waals surface area contributed by atoms with Gasteiger partial charge in [0.1, 0.15) is 5.75 Å². The van der Waals surface area contributed by atoms with Crippen molar-refractivity contribution in [3.05, 3.63) is 29.8 Å². The molecule has 1 atom stereocenters. The topological polar surface area (TPSA) is 26.3 Å². The van der Waals surface area contributed by atoms with Crippen LogP contribution in [0.15, 0.2) is 24.3 Å². The van der Waals surface area contributed by atoms with Crippen LogP contribution in [0.4, 0.5) is 0 Å². The number of aryl methyl sites for hydroxylation is 1. The Morgan fingerprint density at radius 2 is 1.37 bits per heavy atom. The van der Waals surface area contributed by atoms with Crippen LogP contribution in [0, 0.1) is 0 Å². The highest BCUT2D eigenvalue weighted by Crippen LogP contribution is 2.18. The molecule has 1 aromatic rings. The van der Waals surface area contributed by atoms with Crippen molar-refractivity contribution in [2.45, 2.75) is 116 Å². The highest BCUT2D eigenvalue weighted by molar-refractivity contribution is 5.56. The molecule has 0 radical (unpaired) electrons. The predicted octanol–water partition coefficient (Wildman–Crippen LogP) is 7.68. The lowest BCUT2D eigenvalue weighted by Gasteiger charge is -2.12. The van der Waals surface area contributed by atoms with E-state index < -0.39 is 0 Å². The van der Waals surface area contributed by atoms with E-state index in [1.807, 2.05) is 19.1 Å². The van der Waals surface area contributed by atoms with Crippen molar-refractivity contribution in [3.8, 4) is 5.75 Å². The molecule has 0 bridgehead atoms. The lowest BCUT2D eigenvalue weighted by molar-refractivity contribution is -0.113. The molecule has 1 aromatic carbocycles. The molecule has 0 aromatic heterocycles. The number of ether oxygens (including phenoxy) is 1. The number of aldehydes is 1. The highest BCUT2D eigenvalue weighted by atomic mass is 16.5. The summed E-state index contributed by atoms with van der Waals surface area (Å²) in [6, 6.07) is 8.23. The van der Waals surface area contributed by atoms with Gasteiger partial charge in [0, 0.05) is 0 Å². The Balaban J connectivity index is 2.00. The SMILES string of the molecule is CCCCCCCCCCCCCCCc1cccc(OC(C=O)CC)c1. The second-order valence-corrected chi connectivity index (χ2v) is 7.84. The van der Waals surface area contributed by atoms with Crippen LogP contribution in [-0.2, 0) is 11.2 Å². The lowest BCUT2D eigenvalue weighted by atomic mass is 10.0. The van der Waals surface area contributed by atoms with Gasteiger partial charge in [-0.15, -0.1) is 0 Å². The van der Waals surface area contributed by atoms with Gasteiger partial charge in [-0.25, -0.2) is 0 Å². The van der Waals surface area contributed by atoms with E-state index in [9.17, 15) is 4.79 Å². The average molecular weight is 375 g/mol. The molecular formula is C25H42O2. The maximum Gasteiger partial charge on any atom is 0.160 e. The number of hydrogen-bond acceptors (Lipinski definition) is 2. The van der Waals surface area contributed by atoms with Crippen LogP contribution in [0.25, 0.3) is 0 Å². The zero-order valence-electron chi connectivity index (χ0n) is 17.9. The molecule has 0 fully saturated rings. The lowest BCUT2D eigenvalue weighted by Crippen LogP contribution is -2.16. The van der Waals surface area contributed by atoms with Gasteiger partial charge in [0.2, 0.25) is 0 Å². The van der Waals surface area contributed by atoms with Crippen LogP contribution in [0.1, 0.15) is 109 Å². The van der Waals surface area contributed by atoms with Crippen molar-refractivity contribution in [2.75, 3.05) is 0 Å². The second-order valence-electron chi connectivity index (χ2n) is 7.84. The van der Waals surface area contributed by atoms with E-state index in [1.54, 1.807) is 0 Å². The van der Waals surface area contributed by atoms with E-state index in [2.05, 4.69) is 19.1 Å². The number of rotatable bonds is 18. The normalized spacial score (nSPS) is 12.1. The molecule has 0 N–H and O–H groups in total. The Hall–Kier alpha value is -1.31. The van der Waals surface area contributed by atoms with Gasteiger partial charge in [0.05, 0.1) is 0 Å². The van der Waals surface area contributed by atoms with E-state index in [1.165, 1.54) is 89.0 Å². The minimum Gasteiger partial charge on any atom is -0.483 e. The summed E-state index contributed by atoms with van der Waals surface area (Å²) in [4.78, 5) is 10.9. The molecule has 1 unspecified atom stereocenters. The first-order valence-electron chi connectivity index (χ1n) is 11.5. The molecule has 0 spiro atoms. The summed E-state index contributed by atoms with van der Waals surface area (Å²) in [5.41, 5.74) is 1.32. The van der Waals surface area contributed by atoms with Gasteiger partial charge >= 0.3 is 0 Å². The van der Waals surface area contributed by atoms with Crippen LogP contribution in [-0.4, -0.2) is 12.4 Å². The number of unbranched alkanes of at least 4 members (excludes halogenated alkanes) is 12. The summed E-state index contributed by atoms with van der Waals surface area (Å²) < 4.78 is 5.70. The van der Waals surface area contributed by atoms with Crippen molar-refractivity contribution < 1.29 is 9.53 Å². The monoisotopic (exact) mass is 374 g/mol. The first-order chi connectivity index (χ1) is 13.3. The van der Waals surface area contributed by atoms with Crippen molar-refractivity contribution in [3.63, 3.8) is 0 Å². The van der Waals surface area contributed by atoms with Gasteiger partial charge in [-0.05, 0) is 37.0 Å². The predicted molar refractivity (Wildman–Crippen MR) is 117 cm³/mol. The van der Waals surface area contributed by atoms with Crippen LogP contribution >= 0.6 is 0 Å². The molecule has 0 saturated heterocycles. The molecule has 0 aliphatic rings. The highest BCUT2D eigenvalue weighted by Gasteiger charge is 2.06. The molecule has 0 aliphatic heterocycles. The van der Waals surface area contributed by atoms with Crippen LogP contribution < -0.4 is 4.74 Å². The minimum atomic E-state index is -0.323. The Kier molecular flexibility index (Phi) is 14.8. The summed E-state index contributed by atoms with van der Waals surface area (Å²) in [6.07, 6.45) is 20.4. The third-order valence-electron chi connectivity index (χ3n) is 5.31. The summed E-state index contributed by atoms with van der Waals surface area (Å²) in [7, 11) is 0. The number of benzene rings is 1. The van der Waals surface area contributed by atoms with Crippen molar-refractivity contribution in [1.29, 1.82) is 0 Å². The Morgan fingerprint density at radius 3 is 1.89 bits per heavy atom. The van der Waals surface area contributed by atoms with Crippen LogP contribution in [0.3, 0.4) is 0 Å². The van der Waals surface area contributed by atoms with Crippen molar-refractivity contribution in [1.82, 2.24) is 0 Å². The van der Waals surface area contributed by atoms with Crippen molar-refractivity contribution >= 4 is 6.29 Å². The molecule has 2 nitrogen and oxygen atoms in total. The third kappa shape index (κ3) is 12.7. The smallest absolute Gasteiger partial charge is 0.160 e. The van der Waals surface area contributed by atoms with E-state index in [-0.39, 0.29) is 6.10 Å². The standard InChI is InChI=1S/C25H42O2/c1-3-5-6-7-8-9-10-11-12-13-14-15-16-18-23-19-17-20-25(21-23)27-24(4-2)22-26/h17,19-22,24H,3-16,18H2,1-2H3. The quantitative estimate of drug-likeness (QED) is 0.194. The van der Waals surface area contributed by atoms with Gasteiger partial charge in [0.25, 0.3) is 0 Å². The molecule has 154 valence electrons. The zero-order chi connectivity index (χ0) is 19.6. The van der Waals surface area contributed by atoms with Crippen molar-refractivity contribution in [2.24, 2.45) is 0 Å². The fourth-order valence-corrected chi connectivity index (χ4v) is 3.50. The molecule has 0 saturated carbocycles. The van der Waals surface area contributed by atoms with Crippen LogP contribution in [0.2, 0.25) is 0 Å². The molecular weight excluding hydrogens is 332 g/mol. The molecule has 1 rings (SSSR count). The molecule has 0 heterocycles. The van der Waals surface area contributed by atoms with E-state index in [0.29, 0.717) is 6.42 Å². The first-order valence-corrected chi connectivity index (χ1v) is 11.5. The van der Waals surface area contributed by atoms with E-state index in [0.717, 1.165) is 18.5 Å². The molecule has 27 heavy (non-hydrogen) atoms. The summed E-state index contributed by atoms with van der Waals surface area (Å²) in [6.45, 7) is 4.25. The number of hydrogen-bond donors (Lipinski definition) is 0. The Bertz CT molecular complexity index is 469. The number of carbonyl (C=O) groups is 1. The fraction of sp³-hybridized carbons (Fsp3) is 0.720. The zero-order valence-corrected chi connectivity index (χ0v) is 17.9. The van der Waals surface area contributed by atoms with Gasteiger partial charge in [-0.3, -0.25) is 4.79 Å². The molecule has 0 amide bonds. The average Bonchev–Trinajstić information content (AvgIpc) is 2.70. The minimum absolute atomic E-state index is 0.323. The summed E-state index contributed by atoms with van der Waals surface area (Å²) >= 11 is 0. The van der Waals surface area contributed by atoms with E-state index in [4.69, 9.17) is 4.74 Å². The fourth-order valence-electron chi connectivity index (χ4n) is 3.50. The van der Waals surface area contributed by atoms with Gasteiger partial charge in [0.15, 0.2) is 12.4 Å². The second kappa shape index (κ2) is 16.8. The largest absolute Gasteiger partial charge is 0.483 e. The van der Waals surface area contributed by atoms with Crippen LogP contribution in [0.5, 0.6) is 5.75 Å². The van der Waals surface area contributed by atoms with E-state index >= 15 is 0 Å². The molecule has 0 aliphatic carbocycles. The van der Waals surface area contributed by atoms with Gasteiger partial charge in [-0.2, -0.15) is 0 Å². The molecule has 2 heteroatoms. The maximum absolute atomic E-state index is 10.9. The maximum atomic E-state index is 10.9. The first kappa shape index (κ1) is 23.7. The number of carbonyl (C=O) groups excluding carboxylic acids is 1. The summed E-state index contributed by atoms with van der Waals surface area (Å²) in [5.74, 6) is 0.821. The third-order valence-corrected chi connectivity index (χ3v) is 5.31. The Morgan fingerprint density at radius 1 is 0.815 bits per heavy atom.